The molecule has 34 heavy (non-hydrogen) atoms. The summed E-state index contributed by atoms with van der Waals surface area (Å²) in [5.41, 5.74) is 3.59. The first kappa shape index (κ1) is 23.8. The minimum absolute atomic E-state index is 0.0272. The molecule has 4 rings (SSSR count). The third-order valence-electron chi connectivity index (χ3n) is 5.44. The molecule has 0 aliphatic carbocycles. The zero-order chi connectivity index (χ0) is 24.6. The second-order valence-electron chi connectivity index (χ2n) is 7.64. The van der Waals surface area contributed by atoms with E-state index in [2.05, 4.69) is 10.6 Å². The van der Waals surface area contributed by atoms with Crippen LogP contribution in [0.4, 0.5) is 17.1 Å². The summed E-state index contributed by atoms with van der Waals surface area (Å²) in [6.07, 6.45) is 0. The Morgan fingerprint density at radius 3 is 2.18 bits per heavy atom. The van der Waals surface area contributed by atoms with Crippen LogP contribution in [0.25, 0.3) is 0 Å². The van der Waals surface area contributed by atoms with Gasteiger partial charge in [-0.05, 0) is 73.5 Å². The largest absolute Gasteiger partial charge is 0.350 e. The second kappa shape index (κ2) is 9.50. The Hall–Kier alpha value is -3.32. The van der Waals surface area contributed by atoms with Gasteiger partial charge in [0.1, 0.15) is 10.7 Å². The van der Waals surface area contributed by atoms with Gasteiger partial charge in [0.2, 0.25) is 0 Å². The molecule has 6 nitrogen and oxygen atoms in total. The van der Waals surface area contributed by atoms with Crippen molar-refractivity contribution in [2.24, 2.45) is 0 Å². The molecule has 0 saturated heterocycles. The van der Waals surface area contributed by atoms with Crippen LogP contribution in [-0.2, 0) is 9.59 Å². The molecule has 0 saturated carbocycles. The zero-order valence-electron chi connectivity index (χ0n) is 18.1. The molecule has 0 unspecified atom stereocenters. The van der Waals surface area contributed by atoms with E-state index in [9.17, 15) is 14.4 Å². The molecule has 0 fully saturated rings. The lowest BCUT2D eigenvalue weighted by atomic mass is 10.1. The van der Waals surface area contributed by atoms with Crippen LogP contribution in [0.2, 0.25) is 10.0 Å². The molecule has 1 heterocycles. The molecule has 9 heteroatoms. The van der Waals surface area contributed by atoms with Gasteiger partial charge in [-0.3, -0.25) is 14.4 Å². The van der Waals surface area contributed by atoms with Crippen molar-refractivity contribution < 1.29 is 14.4 Å². The van der Waals surface area contributed by atoms with Crippen molar-refractivity contribution >= 4 is 69.6 Å². The molecule has 2 N–H and O–H groups in total. The number of hydrogen-bond donors (Lipinski definition) is 2. The Labute approximate surface area is 211 Å². The Kier molecular flexibility index (Phi) is 6.66. The first-order valence-corrected chi connectivity index (χ1v) is 11.3. The fraction of sp³-hybridized carbons (Fsp3) is 0.0800. The number of benzene rings is 3. The molecule has 3 amide bonds. The van der Waals surface area contributed by atoms with Gasteiger partial charge in [-0.2, -0.15) is 0 Å². The summed E-state index contributed by atoms with van der Waals surface area (Å²) in [5.74, 6) is -1.50. The molecule has 0 radical (unpaired) electrons. The van der Waals surface area contributed by atoms with E-state index in [1.54, 1.807) is 54.6 Å². The monoisotopic (exact) mass is 513 g/mol. The molecule has 0 atom stereocenters. The summed E-state index contributed by atoms with van der Waals surface area (Å²) < 4.78 is 0. The lowest BCUT2D eigenvalue weighted by molar-refractivity contribution is -0.120. The van der Waals surface area contributed by atoms with Crippen molar-refractivity contribution in [3.05, 3.63) is 98.1 Å². The van der Waals surface area contributed by atoms with Crippen LogP contribution in [-0.4, -0.2) is 17.7 Å². The maximum atomic E-state index is 13.0. The number of halogens is 3. The van der Waals surface area contributed by atoms with Crippen molar-refractivity contribution in [1.29, 1.82) is 0 Å². The molecule has 0 spiro atoms. The van der Waals surface area contributed by atoms with Crippen LogP contribution in [0, 0.1) is 13.8 Å². The summed E-state index contributed by atoms with van der Waals surface area (Å²) in [5, 5.41) is 6.16. The van der Waals surface area contributed by atoms with E-state index in [1.165, 1.54) is 0 Å². The molecule has 172 valence electrons. The standard InChI is InChI=1S/C25H18Cl3N3O3/c1-13-4-3-5-20(14(13)2)31-24(33)21(28)22(25(31)34)29-16-8-6-15(7-9-16)23(32)30-17-10-11-18(26)19(27)12-17/h3-12,29H,1-2H3,(H,30,32). The summed E-state index contributed by atoms with van der Waals surface area (Å²) in [7, 11) is 0. The molecule has 1 aliphatic heterocycles. The summed E-state index contributed by atoms with van der Waals surface area (Å²) in [6.45, 7) is 3.74. The number of nitrogens with one attached hydrogen (secondary N) is 2. The van der Waals surface area contributed by atoms with E-state index >= 15 is 0 Å². The van der Waals surface area contributed by atoms with E-state index < -0.39 is 11.8 Å². The molecular formula is C25H18Cl3N3O3. The van der Waals surface area contributed by atoms with Gasteiger partial charge in [0.15, 0.2) is 0 Å². The van der Waals surface area contributed by atoms with Crippen LogP contribution >= 0.6 is 34.8 Å². The highest BCUT2D eigenvalue weighted by Crippen LogP contribution is 2.33. The Morgan fingerprint density at radius 1 is 0.824 bits per heavy atom. The van der Waals surface area contributed by atoms with Gasteiger partial charge in [-0.25, -0.2) is 4.90 Å². The Morgan fingerprint density at radius 2 is 1.50 bits per heavy atom. The molecule has 0 aromatic heterocycles. The van der Waals surface area contributed by atoms with Crippen molar-refractivity contribution in [3.8, 4) is 0 Å². The predicted molar refractivity (Wildman–Crippen MR) is 136 cm³/mol. The molecule has 3 aromatic rings. The van der Waals surface area contributed by atoms with Crippen LogP contribution in [0.3, 0.4) is 0 Å². The highest BCUT2D eigenvalue weighted by Gasteiger charge is 2.39. The van der Waals surface area contributed by atoms with Gasteiger partial charge < -0.3 is 10.6 Å². The minimum Gasteiger partial charge on any atom is -0.350 e. The number of nitrogens with zero attached hydrogens (tertiary/aromatic N) is 1. The molecule has 3 aromatic carbocycles. The van der Waals surface area contributed by atoms with E-state index in [0.717, 1.165) is 16.0 Å². The second-order valence-corrected chi connectivity index (χ2v) is 8.83. The van der Waals surface area contributed by atoms with Gasteiger partial charge in [-0.1, -0.05) is 46.9 Å². The average molecular weight is 515 g/mol. The fourth-order valence-corrected chi connectivity index (χ4v) is 3.95. The number of aryl methyl sites for hydroxylation is 1. The smallest absolute Gasteiger partial charge is 0.283 e. The van der Waals surface area contributed by atoms with E-state index in [4.69, 9.17) is 34.8 Å². The number of hydrogen-bond acceptors (Lipinski definition) is 4. The summed E-state index contributed by atoms with van der Waals surface area (Å²) >= 11 is 18.1. The van der Waals surface area contributed by atoms with Crippen LogP contribution < -0.4 is 15.5 Å². The molecule has 1 aliphatic rings. The average Bonchev–Trinajstić information content (AvgIpc) is 3.02. The quantitative estimate of drug-likeness (QED) is 0.392. The van der Waals surface area contributed by atoms with Crippen LogP contribution in [0.1, 0.15) is 21.5 Å². The van der Waals surface area contributed by atoms with Crippen molar-refractivity contribution in [2.45, 2.75) is 13.8 Å². The summed E-state index contributed by atoms with van der Waals surface area (Å²) in [4.78, 5) is 39.4. The number of carbonyl (C=O) groups is 3. The Balaban J connectivity index is 1.50. The Bertz CT molecular complexity index is 1370. The lowest BCUT2D eigenvalue weighted by Crippen LogP contribution is -2.33. The first-order chi connectivity index (χ1) is 16.2. The van der Waals surface area contributed by atoms with Crippen molar-refractivity contribution in [3.63, 3.8) is 0 Å². The van der Waals surface area contributed by atoms with Gasteiger partial charge in [0.25, 0.3) is 17.7 Å². The predicted octanol–water partition coefficient (Wildman–Crippen LogP) is 6.30. The minimum atomic E-state index is -0.597. The number of carbonyl (C=O) groups excluding carboxylic acids is 3. The van der Waals surface area contributed by atoms with Gasteiger partial charge in [0, 0.05) is 16.9 Å². The van der Waals surface area contributed by atoms with Crippen molar-refractivity contribution in [2.75, 3.05) is 15.5 Å². The zero-order valence-corrected chi connectivity index (χ0v) is 20.3. The highest BCUT2D eigenvalue weighted by atomic mass is 35.5. The third kappa shape index (κ3) is 4.53. The van der Waals surface area contributed by atoms with Gasteiger partial charge >= 0.3 is 0 Å². The van der Waals surface area contributed by atoms with Crippen LogP contribution in [0.15, 0.2) is 71.4 Å². The third-order valence-corrected chi connectivity index (χ3v) is 6.53. The number of amides is 3. The number of anilines is 3. The maximum Gasteiger partial charge on any atom is 0.283 e. The van der Waals surface area contributed by atoms with E-state index in [-0.39, 0.29) is 16.6 Å². The van der Waals surface area contributed by atoms with E-state index in [0.29, 0.717) is 32.7 Å². The topological polar surface area (TPSA) is 78.5 Å². The van der Waals surface area contributed by atoms with Crippen LogP contribution in [0.5, 0.6) is 0 Å². The first-order valence-electron chi connectivity index (χ1n) is 10.2. The SMILES string of the molecule is Cc1cccc(N2C(=O)C(Cl)=C(Nc3ccc(C(=O)Nc4ccc(Cl)c(Cl)c4)cc3)C2=O)c1C. The number of rotatable bonds is 5. The fourth-order valence-electron chi connectivity index (χ4n) is 3.43. The molecule has 0 bridgehead atoms. The normalized spacial score (nSPS) is 13.5. The highest BCUT2D eigenvalue weighted by molar-refractivity contribution is 6.53. The van der Waals surface area contributed by atoms with E-state index in [1.807, 2.05) is 19.9 Å². The maximum absolute atomic E-state index is 13.0. The van der Waals surface area contributed by atoms with Gasteiger partial charge in [0.05, 0.1) is 15.7 Å². The van der Waals surface area contributed by atoms with Crippen molar-refractivity contribution in [1.82, 2.24) is 0 Å². The number of imide groups is 1. The molecular weight excluding hydrogens is 497 g/mol. The lowest BCUT2D eigenvalue weighted by Gasteiger charge is -2.18. The van der Waals surface area contributed by atoms with Gasteiger partial charge in [-0.15, -0.1) is 0 Å². The summed E-state index contributed by atoms with van der Waals surface area (Å²) in [6, 6.07) is 16.5.